The highest BCUT2D eigenvalue weighted by molar-refractivity contribution is 6.08. The van der Waals surface area contributed by atoms with E-state index in [1.54, 1.807) is 40.0 Å². The van der Waals surface area contributed by atoms with Crippen molar-refractivity contribution in [2.45, 2.75) is 65.2 Å². The molecule has 0 radical (unpaired) electrons. The number of hydrogen-bond donors (Lipinski definition) is 2. The largest absolute Gasteiger partial charge is 0.443 e. The number of benzene rings is 1. The van der Waals surface area contributed by atoms with Gasteiger partial charge in [0.1, 0.15) is 11.4 Å². The van der Waals surface area contributed by atoms with Gasteiger partial charge in [0.15, 0.2) is 5.82 Å². The van der Waals surface area contributed by atoms with Gasteiger partial charge >= 0.3 is 6.09 Å². The number of carbonyl (C=O) groups excluding carboxylic acids is 2. The second-order valence-electron chi connectivity index (χ2n) is 11.5. The fourth-order valence-electron chi connectivity index (χ4n) is 4.83. The molecule has 2 amide bonds. The lowest BCUT2D eigenvalue weighted by Gasteiger charge is -2.31. The summed E-state index contributed by atoms with van der Waals surface area (Å²) >= 11 is 0. The van der Waals surface area contributed by atoms with Crippen LogP contribution in [0.3, 0.4) is 0 Å². The molecule has 4 rings (SSSR count). The van der Waals surface area contributed by atoms with E-state index in [0.717, 1.165) is 11.3 Å². The average Bonchev–Trinajstić information content (AvgIpc) is 3.52. The van der Waals surface area contributed by atoms with Crippen LogP contribution >= 0.6 is 0 Å². The predicted molar refractivity (Wildman–Crippen MR) is 152 cm³/mol. The maximum absolute atomic E-state index is 15.1. The van der Waals surface area contributed by atoms with E-state index in [1.165, 1.54) is 28.9 Å². The zero-order valence-corrected chi connectivity index (χ0v) is 24.4. The molecule has 0 aliphatic carbocycles. The molecule has 1 atom stereocenters. The van der Waals surface area contributed by atoms with Crippen molar-refractivity contribution in [3.8, 4) is 23.0 Å². The monoisotopic (exact) mass is 578 g/mol. The number of ether oxygens (including phenoxy) is 1. The van der Waals surface area contributed by atoms with Crippen molar-refractivity contribution in [1.82, 2.24) is 19.7 Å². The molecular weight excluding hydrogens is 543 g/mol. The Morgan fingerprint density at radius 3 is 2.62 bits per heavy atom. The van der Waals surface area contributed by atoms with Crippen LogP contribution in [0.5, 0.6) is 0 Å². The van der Waals surface area contributed by atoms with E-state index in [0.29, 0.717) is 12.4 Å². The summed E-state index contributed by atoms with van der Waals surface area (Å²) in [7, 11) is 0. The second-order valence-corrected chi connectivity index (χ2v) is 11.5. The van der Waals surface area contributed by atoms with E-state index < -0.39 is 29.0 Å². The Bertz CT molecular complexity index is 1540. The van der Waals surface area contributed by atoms with Crippen LogP contribution in [0.1, 0.15) is 69.1 Å². The zero-order chi connectivity index (χ0) is 30.8. The lowest BCUT2D eigenvalue weighted by atomic mass is 10.0. The van der Waals surface area contributed by atoms with Gasteiger partial charge in [-0.1, -0.05) is 13.0 Å². The molecule has 11 nitrogen and oxygen atoms in total. The van der Waals surface area contributed by atoms with Gasteiger partial charge in [0.25, 0.3) is 5.91 Å². The van der Waals surface area contributed by atoms with Crippen LogP contribution in [0.4, 0.5) is 15.0 Å². The summed E-state index contributed by atoms with van der Waals surface area (Å²) < 4.78 is 21.9. The number of imide groups is 1. The smallest absolute Gasteiger partial charge is 0.417 e. The maximum Gasteiger partial charge on any atom is 0.417 e. The Morgan fingerprint density at radius 2 is 1.98 bits per heavy atom. The average molecular weight is 579 g/mol. The van der Waals surface area contributed by atoms with E-state index in [4.69, 9.17) is 4.74 Å². The minimum absolute atomic E-state index is 0.0349. The Kier molecular flexibility index (Phi) is 8.65. The third kappa shape index (κ3) is 6.42. The first-order chi connectivity index (χ1) is 19.8. The highest BCUT2D eigenvalue weighted by Crippen LogP contribution is 2.34. The number of amides is 2. The van der Waals surface area contributed by atoms with Crippen molar-refractivity contribution < 1.29 is 28.9 Å². The number of carbonyl (C=O) groups is 2. The van der Waals surface area contributed by atoms with Crippen molar-refractivity contribution >= 4 is 17.8 Å². The number of aliphatic hydroxyl groups excluding tert-OH is 1. The van der Waals surface area contributed by atoms with Crippen LogP contribution < -0.4 is 4.90 Å². The summed E-state index contributed by atoms with van der Waals surface area (Å²) in [5.74, 6) is -0.807. The summed E-state index contributed by atoms with van der Waals surface area (Å²) in [6.45, 7) is 9.06. The molecule has 3 aromatic rings. The summed E-state index contributed by atoms with van der Waals surface area (Å²) in [4.78, 5) is 33.9. The van der Waals surface area contributed by atoms with Gasteiger partial charge in [0.2, 0.25) is 0 Å². The third-order valence-electron chi connectivity index (χ3n) is 6.67. The van der Waals surface area contributed by atoms with E-state index in [1.807, 2.05) is 17.9 Å². The van der Waals surface area contributed by atoms with Gasteiger partial charge in [0.05, 0.1) is 52.0 Å². The van der Waals surface area contributed by atoms with Crippen molar-refractivity contribution in [3.63, 3.8) is 0 Å². The molecule has 3 heterocycles. The number of hydrogen-bond acceptors (Lipinski definition) is 9. The number of rotatable bonds is 9. The molecule has 12 heteroatoms. The molecule has 1 aliphatic heterocycles. The van der Waals surface area contributed by atoms with Crippen molar-refractivity contribution in [2.24, 2.45) is 0 Å². The van der Waals surface area contributed by atoms with Crippen LogP contribution in [0.25, 0.3) is 16.9 Å². The molecule has 2 aromatic heterocycles. The van der Waals surface area contributed by atoms with Crippen molar-refractivity contribution in [1.29, 1.82) is 5.26 Å². The molecule has 0 spiro atoms. The first-order valence-corrected chi connectivity index (χ1v) is 13.7. The van der Waals surface area contributed by atoms with E-state index in [9.17, 15) is 25.1 Å². The quantitative estimate of drug-likeness (QED) is 0.382. The SMILES string of the molecule is CCCN(C[C@@](C)(O)CCO)c1ccn(-c2cc(-c3c(F)cccc3C#N)nc3c2C(=O)N(C(=O)OC(C)(C)C)C3)n1. The standard InChI is InChI=1S/C30H35FN6O5/c1-6-12-35(18-30(5,41)11-14-38)24-10-13-37(34-24)23-15-21(25-19(16-32)8-7-9-20(25)31)33-22-17-36(27(39)26(22)23)28(40)42-29(2,3)4/h7-10,13,15,38,41H,6,11-12,14,17-18H2,1-5H3/t30-/m0/s1. The lowest BCUT2D eigenvalue weighted by molar-refractivity contribution is 0.0246. The number of anilines is 1. The van der Waals surface area contributed by atoms with E-state index in [-0.39, 0.29) is 59.9 Å². The molecule has 0 bridgehead atoms. The Balaban J connectivity index is 1.85. The molecule has 42 heavy (non-hydrogen) atoms. The fourth-order valence-corrected chi connectivity index (χ4v) is 4.83. The first kappa shape index (κ1) is 30.6. The summed E-state index contributed by atoms with van der Waals surface area (Å²) in [6, 6.07) is 9.28. The van der Waals surface area contributed by atoms with Crippen LogP contribution in [-0.4, -0.2) is 72.8 Å². The molecule has 222 valence electrons. The normalized spacial score (nSPS) is 14.4. The second kappa shape index (κ2) is 11.9. The topological polar surface area (TPSA) is 145 Å². The molecule has 0 unspecified atom stereocenters. The Labute approximate surface area is 243 Å². The van der Waals surface area contributed by atoms with Gasteiger partial charge in [0, 0.05) is 38.4 Å². The first-order valence-electron chi connectivity index (χ1n) is 13.7. The predicted octanol–water partition coefficient (Wildman–Crippen LogP) is 4.19. The summed E-state index contributed by atoms with van der Waals surface area (Å²) in [6.07, 6.45) is 1.70. The van der Waals surface area contributed by atoms with Gasteiger partial charge in [-0.15, -0.1) is 0 Å². The van der Waals surface area contributed by atoms with E-state index >= 15 is 4.39 Å². The van der Waals surface area contributed by atoms with Crippen molar-refractivity contribution in [3.05, 3.63) is 59.2 Å². The van der Waals surface area contributed by atoms with E-state index in [2.05, 4.69) is 10.1 Å². The van der Waals surface area contributed by atoms with Gasteiger partial charge in [-0.2, -0.15) is 10.4 Å². The molecule has 0 saturated heterocycles. The number of pyridine rings is 1. The van der Waals surface area contributed by atoms with Gasteiger partial charge in [-0.25, -0.2) is 23.8 Å². The molecule has 0 fully saturated rings. The van der Waals surface area contributed by atoms with Gasteiger partial charge in [-0.3, -0.25) is 4.79 Å². The van der Waals surface area contributed by atoms with Gasteiger partial charge in [-0.05, 0) is 52.3 Å². The minimum atomic E-state index is -1.18. The Hall–Kier alpha value is -4.34. The van der Waals surface area contributed by atoms with Crippen LogP contribution in [0.2, 0.25) is 0 Å². The summed E-state index contributed by atoms with van der Waals surface area (Å²) in [5, 5.41) is 34.5. The van der Waals surface area contributed by atoms with Crippen LogP contribution in [0.15, 0.2) is 36.5 Å². The molecule has 1 aliphatic rings. The maximum atomic E-state index is 15.1. The number of halogens is 1. The van der Waals surface area contributed by atoms with Crippen molar-refractivity contribution in [2.75, 3.05) is 24.6 Å². The highest BCUT2D eigenvalue weighted by Gasteiger charge is 2.39. The number of aliphatic hydroxyl groups is 2. The minimum Gasteiger partial charge on any atom is -0.443 e. The number of nitrogens with zero attached hydrogens (tertiary/aromatic N) is 6. The Morgan fingerprint density at radius 1 is 1.24 bits per heavy atom. The third-order valence-corrected chi connectivity index (χ3v) is 6.67. The highest BCUT2D eigenvalue weighted by atomic mass is 19.1. The number of aromatic nitrogens is 3. The number of nitriles is 1. The molecule has 1 aromatic carbocycles. The molecule has 0 saturated carbocycles. The van der Waals surface area contributed by atoms with Gasteiger partial charge < -0.3 is 19.8 Å². The van der Waals surface area contributed by atoms with Crippen LogP contribution in [0, 0.1) is 17.1 Å². The van der Waals surface area contributed by atoms with Crippen LogP contribution in [-0.2, 0) is 11.3 Å². The molecule has 2 N–H and O–H groups in total. The molecular formula is C30H35FN6O5. The zero-order valence-electron chi connectivity index (χ0n) is 24.4. The summed E-state index contributed by atoms with van der Waals surface area (Å²) in [5.41, 5.74) is -1.35. The fraction of sp³-hybridized carbons (Fsp3) is 0.433. The lowest BCUT2D eigenvalue weighted by Crippen LogP contribution is -2.42. The number of fused-ring (bicyclic) bond motifs is 1.